The molecule has 3 N–H and O–H groups in total. The molecule has 0 radical (unpaired) electrons. The molecular weight excluding hydrogens is 720 g/mol. The Hall–Kier alpha value is -4.69. The summed E-state index contributed by atoms with van der Waals surface area (Å²) in [5.41, 5.74) is 5.75. The second-order valence-corrected chi connectivity index (χ2v) is 14.6. The maximum Gasteiger partial charge on any atom is 0.471 e. The minimum Gasteiger partial charge on any atom is -0.392 e. The van der Waals surface area contributed by atoms with Gasteiger partial charge in [-0.15, -0.1) is 11.8 Å². The number of anilines is 1. The highest BCUT2D eigenvalue weighted by Gasteiger charge is 2.47. The van der Waals surface area contributed by atoms with Crippen LogP contribution >= 0.6 is 11.8 Å². The Morgan fingerprint density at radius 2 is 1.59 bits per heavy atom. The van der Waals surface area contributed by atoms with E-state index in [0.717, 1.165) is 44.0 Å². The molecule has 2 aliphatic rings. The molecule has 13 heteroatoms. The van der Waals surface area contributed by atoms with Crippen LogP contribution in [0.25, 0.3) is 11.1 Å². The number of hydrogen-bond donors (Lipinski definition) is 3. The molecule has 5 atom stereocenters. The predicted molar refractivity (Wildman–Crippen MR) is 199 cm³/mol. The van der Waals surface area contributed by atoms with Gasteiger partial charge >= 0.3 is 12.1 Å². The highest BCUT2D eigenvalue weighted by molar-refractivity contribution is 7.99. The fourth-order valence-corrected chi connectivity index (χ4v) is 7.91. The summed E-state index contributed by atoms with van der Waals surface area (Å²) >= 11 is 1.65. The van der Waals surface area contributed by atoms with Crippen LogP contribution in [-0.4, -0.2) is 58.3 Å². The van der Waals surface area contributed by atoms with Crippen molar-refractivity contribution in [1.82, 2.24) is 10.2 Å². The molecule has 2 fully saturated rings. The van der Waals surface area contributed by atoms with Crippen molar-refractivity contribution in [1.29, 1.82) is 0 Å². The van der Waals surface area contributed by atoms with Crippen molar-refractivity contribution in [2.75, 3.05) is 17.6 Å². The van der Waals surface area contributed by atoms with Gasteiger partial charge in [-0.1, -0.05) is 79.7 Å². The first-order valence-electron chi connectivity index (χ1n) is 17.8. The van der Waals surface area contributed by atoms with Crippen LogP contribution in [0.5, 0.6) is 0 Å². The van der Waals surface area contributed by atoms with E-state index >= 15 is 0 Å². The summed E-state index contributed by atoms with van der Waals surface area (Å²) in [4.78, 5) is 38.0. The number of thioether (sulfide) groups is 1. The van der Waals surface area contributed by atoms with Crippen molar-refractivity contribution in [2.24, 2.45) is 5.92 Å². The summed E-state index contributed by atoms with van der Waals surface area (Å²) in [6, 6.07) is 29.4. The molecule has 0 saturated carbocycles. The number of likely N-dealkylation sites (tertiary alicyclic amines) is 1. The standard InChI is InChI=1S/C41H42F3N3O6S/c1-25-36(24-54-33-19-17-32(18-20-33)46-26(2)49)52-39(53-37(25)29-11-9-27(23-48)10-12-29)30-15-13-28(14-16-30)34-7-4-3-6-31(34)22-45-38(50)35-8-5-21-47(35)40(51)41(42,43)44/h3-4,6-7,9-20,25,35-37,39,48H,5,8,21-24H2,1-2H3,(H,45,50)(H,46,49)/t25-,35+,36+,37+,39+/m1/s1. The van der Waals surface area contributed by atoms with Gasteiger partial charge in [-0.05, 0) is 64.9 Å². The lowest BCUT2D eigenvalue weighted by atomic mass is 9.91. The molecule has 284 valence electrons. The van der Waals surface area contributed by atoms with E-state index in [4.69, 9.17) is 9.47 Å². The van der Waals surface area contributed by atoms with Gasteiger partial charge in [0.25, 0.3) is 0 Å². The van der Waals surface area contributed by atoms with Crippen LogP contribution in [0.3, 0.4) is 0 Å². The molecule has 0 aromatic heterocycles. The summed E-state index contributed by atoms with van der Waals surface area (Å²) in [7, 11) is 0. The fourth-order valence-electron chi connectivity index (χ4n) is 6.85. The number of carbonyl (C=O) groups is 3. The number of aliphatic hydroxyl groups excluding tert-OH is 1. The first kappa shape index (κ1) is 39.0. The van der Waals surface area contributed by atoms with E-state index in [1.54, 1.807) is 11.8 Å². The Morgan fingerprint density at radius 1 is 0.907 bits per heavy atom. The second kappa shape index (κ2) is 17.2. The summed E-state index contributed by atoms with van der Waals surface area (Å²) in [6.07, 6.45) is -5.73. The monoisotopic (exact) mass is 761 g/mol. The maximum absolute atomic E-state index is 13.1. The van der Waals surface area contributed by atoms with Crippen molar-refractivity contribution in [2.45, 2.75) is 75.5 Å². The molecule has 2 aliphatic heterocycles. The molecule has 54 heavy (non-hydrogen) atoms. The molecule has 0 spiro atoms. The number of halogens is 3. The Morgan fingerprint density at radius 3 is 2.26 bits per heavy atom. The van der Waals surface area contributed by atoms with Crippen molar-refractivity contribution >= 4 is 35.2 Å². The highest BCUT2D eigenvalue weighted by atomic mass is 32.2. The molecule has 3 amide bonds. The third-order valence-electron chi connectivity index (χ3n) is 9.74. The van der Waals surface area contributed by atoms with Gasteiger partial charge in [-0.2, -0.15) is 13.2 Å². The quantitative estimate of drug-likeness (QED) is 0.135. The van der Waals surface area contributed by atoms with Crippen molar-refractivity contribution in [3.63, 3.8) is 0 Å². The van der Waals surface area contributed by atoms with Gasteiger partial charge in [-0.3, -0.25) is 14.4 Å². The van der Waals surface area contributed by atoms with E-state index in [1.807, 2.05) is 97.1 Å². The molecule has 9 nitrogen and oxygen atoms in total. The molecule has 0 aliphatic carbocycles. The average molecular weight is 762 g/mol. The molecule has 4 aromatic carbocycles. The van der Waals surface area contributed by atoms with Crippen molar-refractivity contribution in [3.8, 4) is 11.1 Å². The first-order valence-corrected chi connectivity index (χ1v) is 18.7. The van der Waals surface area contributed by atoms with Crippen LogP contribution in [0, 0.1) is 5.92 Å². The van der Waals surface area contributed by atoms with Crippen LogP contribution in [-0.2, 0) is 37.0 Å². The lowest BCUT2D eigenvalue weighted by Gasteiger charge is -2.41. The largest absolute Gasteiger partial charge is 0.471 e. The fraction of sp³-hybridized carbons (Fsp3) is 0.341. The van der Waals surface area contributed by atoms with Crippen LogP contribution in [0.2, 0.25) is 0 Å². The van der Waals surface area contributed by atoms with E-state index in [1.165, 1.54) is 6.92 Å². The van der Waals surface area contributed by atoms with Crippen molar-refractivity contribution < 1.29 is 42.1 Å². The molecule has 6 rings (SSSR count). The highest BCUT2D eigenvalue weighted by Crippen LogP contribution is 2.43. The lowest BCUT2D eigenvalue weighted by Crippen LogP contribution is -2.50. The normalized spacial score (nSPS) is 21.4. The van der Waals surface area contributed by atoms with E-state index in [-0.39, 0.29) is 50.2 Å². The SMILES string of the molecule is CC(=O)Nc1ccc(SC[C@@H]2O[C@H](c3ccc(-c4ccccc4CNC(=O)[C@@H]4CCCN4C(=O)C(F)(F)F)cc3)O[C@H](c3ccc(CO)cc3)[C@@H]2C)cc1. The number of rotatable bonds is 11. The molecule has 2 saturated heterocycles. The number of ether oxygens (including phenoxy) is 2. The number of carbonyl (C=O) groups excluding carboxylic acids is 3. The van der Waals surface area contributed by atoms with Gasteiger partial charge in [0.1, 0.15) is 6.04 Å². The van der Waals surface area contributed by atoms with Gasteiger partial charge in [-0.25, -0.2) is 0 Å². The summed E-state index contributed by atoms with van der Waals surface area (Å²) in [6.45, 7) is 3.47. The molecule has 2 heterocycles. The Bertz CT molecular complexity index is 1920. The van der Waals surface area contributed by atoms with Crippen LogP contribution in [0.1, 0.15) is 61.3 Å². The van der Waals surface area contributed by atoms with Crippen LogP contribution < -0.4 is 10.6 Å². The number of nitrogens with zero attached hydrogens (tertiary/aromatic N) is 1. The van der Waals surface area contributed by atoms with Gasteiger partial charge in [0.2, 0.25) is 11.8 Å². The van der Waals surface area contributed by atoms with Crippen molar-refractivity contribution in [3.05, 3.63) is 119 Å². The maximum atomic E-state index is 13.1. The average Bonchev–Trinajstić information content (AvgIpc) is 3.67. The van der Waals surface area contributed by atoms with E-state index in [2.05, 4.69) is 17.6 Å². The third-order valence-corrected chi connectivity index (χ3v) is 10.8. The van der Waals surface area contributed by atoms with Gasteiger partial charge < -0.3 is 30.1 Å². The summed E-state index contributed by atoms with van der Waals surface area (Å²) in [5, 5.41) is 15.1. The number of benzene rings is 4. The van der Waals surface area contributed by atoms with Gasteiger partial charge in [0.05, 0.1) is 18.8 Å². The van der Waals surface area contributed by atoms with E-state index < -0.39 is 30.3 Å². The summed E-state index contributed by atoms with van der Waals surface area (Å²) in [5.74, 6) is -2.12. The number of alkyl halides is 3. The van der Waals surface area contributed by atoms with Gasteiger partial charge in [0.15, 0.2) is 6.29 Å². The Labute approximate surface area is 316 Å². The number of amides is 3. The minimum atomic E-state index is -5.04. The third kappa shape index (κ3) is 9.33. The Balaban J connectivity index is 1.17. The predicted octanol–water partition coefficient (Wildman–Crippen LogP) is 7.56. The lowest BCUT2D eigenvalue weighted by molar-refractivity contribution is -0.268. The second-order valence-electron chi connectivity index (χ2n) is 13.5. The molecular formula is C41H42F3N3O6S. The first-order chi connectivity index (χ1) is 25.9. The smallest absolute Gasteiger partial charge is 0.392 e. The van der Waals surface area contributed by atoms with Gasteiger partial charge in [0, 0.05) is 47.8 Å². The minimum absolute atomic E-state index is 0.0170. The number of hydrogen-bond acceptors (Lipinski definition) is 7. The number of nitrogens with one attached hydrogen (secondary N) is 2. The van der Waals surface area contributed by atoms with E-state index in [0.29, 0.717) is 17.1 Å². The topological polar surface area (TPSA) is 117 Å². The molecule has 0 bridgehead atoms. The van der Waals surface area contributed by atoms with E-state index in [9.17, 15) is 32.7 Å². The number of aliphatic hydroxyl groups is 1. The molecule has 4 aromatic rings. The Kier molecular flexibility index (Phi) is 12.4. The zero-order chi connectivity index (χ0) is 38.4. The summed E-state index contributed by atoms with van der Waals surface area (Å²) < 4.78 is 52.6. The zero-order valence-corrected chi connectivity index (χ0v) is 30.7. The molecule has 0 unspecified atom stereocenters. The van der Waals surface area contributed by atoms with Crippen LogP contribution in [0.4, 0.5) is 18.9 Å². The zero-order valence-electron chi connectivity index (χ0n) is 29.8. The van der Waals surface area contributed by atoms with Crippen LogP contribution in [0.15, 0.2) is 102 Å².